The van der Waals surface area contributed by atoms with Crippen LogP contribution in [0.2, 0.25) is 29.9 Å². The van der Waals surface area contributed by atoms with E-state index in [9.17, 15) is 4.79 Å². The summed E-state index contributed by atoms with van der Waals surface area (Å²) in [7, 11) is -1.84. The number of ether oxygens (including phenoxy) is 1. The second-order valence-electron chi connectivity index (χ2n) is 13.6. The second-order valence-corrected chi connectivity index (χ2v) is 32.8. The maximum atomic E-state index is 13.5. The van der Waals surface area contributed by atoms with Gasteiger partial charge in [0.25, 0.3) is 0 Å². The molecule has 0 spiro atoms. The van der Waals surface area contributed by atoms with Gasteiger partial charge in [-0.3, -0.25) is 0 Å². The van der Waals surface area contributed by atoms with Gasteiger partial charge >= 0.3 is 239 Å². The molecule has 0 heterocycles. The molecule has 0 fully saturated rings. The van der Waals surface area contributed by atoms with E-state index in [1.165, 1.54) is 51.8 Å². The summed E-state index contributed by atoms with van der Waals surface area (Å²) < 4.78 is 18.1. The molecule has 4 nitrogen and oxygen atoms in total. The molecule has 0 unspecified atom stereocenters. The van der Waals surface area contributed by atoms with Crippen molar-refractivity contribution >= 4 is 32.8 Å². The van der Waals surface area contributed by atoms with Crippen molar-refractivity contribution in [3.8, 4) is 0 Å². The van der Waals surface area contributed by atoms with E-state index in [-0.39, 0.29) is 6.09 Å². The van der Waals surface area contributed by atoms with Crippen LogP contribution in [0.3, 0.4) is 0 Å². The summed E-state index contributed by atoms with van der Waals surface area (Å²) in [5, 5.41) is 0. The Morgan fingerprint density at radius 1 is 0.757 bits per heavy atom. The number of carbonyl (C=O) groups is 1. The number of carbonyl (C=O) groups excluding carboxylic acids is 1. The Morgan fingerprint density at radius 3 is 1.54 bits per heavy atom. The molecule has 1 amide bonds. The molecule has 222 valence electrons. The molecule has 0 aromatic carbocycles. The maximum absolute atomic E-state index is 13.5. The van der Waals surface area contributed by atoms with E-state index < -0.39 is 32.3 Å². The summed E-state index contributed by atoms with van der Waals surface area (Å²) in [6, 6.07) is 0. The molecule has 0 bridgehead atoms. The van der Waals surface area contributed by atoms with E-state index in [0.29, 0.717) is 16.6 Å². The quantitative estimate of drug-likeness (QED) is 0.0974. The fourth-order valence-electron chi connectivity index (χ4n) is 6.39. The first kappa shape index (κ1) is 37.2. The zero-order valence-corrected chi connectivity index (χ0v) is 31.2. The Bertz CT molecular complexity index is 560. The van der Waals surface area contributed by atoms with E-state index >= 15 is 0 Å². The van der Waals surface area contributed by atoms with Crippen LogP contribution < -0.4 is 0 Å². The summed E-state index contributed by atoms with van der Waals surface area (Å²) in [4.78, 5) is 15.6. The topological polar surface area (TPSA) is 38.8 Å². The zero-order chi connectivity index (χ0) is 28.7. The molecule has 0 saturated carbocycles. The Balaban J connectivity index is 5.61. The minimum absolute atomic E-state index is 0.0887. The van der Waals surface area contributed by atoms with Crippen LogP contribution in [0, 0.1) is 0 Å². The van der Waals surface area contributed by atoms with E-state index in [1.807, 2.05) is 20.8 Å². The Hall–Kier alpha value is 0.246. The van der Waals surface area contributed by atoms with Crippen molar-refractivity contribution in [2.75, 3.05) is 17.7 Å². The average molecular weight is 649 g/mol. The summed E-state index contributed by atoms with van der Waals surface area (Å²) >= 11 is -2.52. The van der Waals surface area contributed by atoms with Gasteiger partial charge in [-0.2, -0.15) is 0 Å². The summed E-state index contributed by atoms with van der Waals surface area (Å²) in [5.74, 6) is 0. The number of hydrogen-bond donors (Lipinski definition) is 0. The third-order valence-corrected chi connectivity index (χ3v) is 29.5. The minimum atomic E-state index is -2.52. The average Bonchev–Trinajstić information content (AvgIpc) is 2.79. The second kappa shape index (κ2) is 18.6. The van der Waals surface area contributed by atoms with Gasteiger partial charge in [0.1, 0.15) is 0 Å². The van der Waals surface area contributed by atoms with Crippen molar-refractivity contribution in [2.45, 2.75) is 170 Å². The normalized spacial score (nSPS) is 13.2. The Kier molecular flexibility index (Phi) is 18.7. The van der Waals surface area contributed by atoms with Crippen LogP contribution in [0.15, 0.2) is 0 Å². The first-order valence-corrected chi connectivity index (χ1v) is 26.0. The molecular formula is C31H67NO3SiSn. The summed E-state index contributed by atoms with van der Waals surface area (Å²) in [6.45, 7) is 28.7. The number of amides is 1. The van der Waals surface area contributed by atoms with Crippen molar-refractivity contribution in [1.82, 2.24) is 4.90 Å². The van der Waals surface area contributed by atoms with E-state index in [4.69, 9.17) is 9.16 Å². The molecule has 0 rings (SSSR count). The number of nitrogens with zero attached hydrogens (tertiary/aromatic N) is 1. The first-order chi connectivity index (χ1) is 17.2. The molecular weight excluding hydrogens is 581 g/mol. The molecule has 0 saturated heterocycles. The Morgan fingerprint density at radius 2 is 1.19 bits per heavy atom. The van der Waals surface area contributed by atoms with Crippen molar-refractivity contribution < 1.29 is 14.0 Å². The van der Waals surface area contributed by atoms with Crippen LogP contribution in [-0.4, -0.2) is 61.0 Å². The fraction of sp³-hybridized carbons (Fsp3) is 0.968. The molecule has 0 atom stereocenters. The number of rotatable bonds is 20. The molecule has 0 aliphatic carbocycles. The molecule has 0 aliphatic heterocycles. The van der Waals surface area contributed by atoms with Gasteiger partial charge in [0.15, 0.2) is 0 Å². The Labute approximate surface area is 238 Å². The van der Waals surface area contributed by atoms with Crippen molar-refractivity contribution in [2.24, 2.45) is 0 Å². The SMILES string of the molecule is CCC[CH2][Sn]([CH2]CCC)([CH2]CCC)[CH2]N(CCCCO[Si](C(C)C)(C(C)C)C(C)C)C(=O)OC(C)(C)C. The fourth-order valence-corrected chi connectivity index (χ4v) is 28.0. The molecule has 0 N–H and O–H groups in total. The van der Waals surface area contributed by atoms with Crippen LogP contribution in [-0.2, 0) is 9.16 Å². The molecule has 0 aromatic rings. The third kappa shape index (κ3) is 13.4. The van der Waals surface area contributed by atoms with Gasteiger partial charge in [-0.15, -0.1) is 0 Å². The third-order valence-electron chi connectivity index (χ3n) is 8.24. The zero-order valence-electron chi connectivity index (χ0n) is 27.3. The van der Waals surface area contributed by atoms with E-state index in [0.717, 1.165) is 30.6 Å². The summed E-state index contributed by atoms with van der Waals surface area (Å²) in [6.07, 6.45) is 9.67. The van der Waals surface area contributed by atoms with Gasteiger partial charge in [-0.25, -0.2) is 0 Å². The molecule has 0 radical (unpaired) electrons. The molecule has 6 heteroatoms. The van der Waals surface area contributed by atoms with Gasteiger partial charge in [-0.1, -0.05) is 0 Å². The van der Waals surface area contributed by atoms with Crippen molar-refractivity contribution in [3.05, 3.63) is 0 Å². The molecule has 0 aliphatic rings. The predicted molar refractivity (Wildman–Crippen MR) is 169 cm³/mol. The van der Waals surface area contributed by atoms with Gasteiger partial charge in [0, 0.05) is 0 Å². The molecule has 37 heavy (non-hydrogen) atoms. The van der Waals surface area contributed by atoms with Crippen molar-refractivity contribution in [3.63, 3.8) is 0 Å². The monoisotopic (exact) mass is 649 g/mol. The van der Waals surface area contributed by atoms with Gasteiger partial charge in [0.05, 0.1) is 0 Å². The van der Waals surface area contributed by atoms with Gasteiger partial charge < -0.3 is 0 Å². The summed E-state index contributed by atoms with van der Waals surface area (Å²) in [5.41, 5.74) is 1.37. The standard InChI is InChI=1S/C19H40NO3Si.3C4H9.Sn/c1-15(2)24(16(3)4,17(5)6)22-14-12-11-13-20(10)18(21)23-19(7,8)9;3*1-3-4-2;/h15-17H,10-14H2,1-9H3;3*1,3-4H2,2H3;. The van der Waals surface area contributed by atoms with Crippen LogP contribution >= 0.6 is 0 Å². The predicted octanol–water partition coefficient (Wildman–Crippen LogP) is 10.6. The van der Waals surface area contributed by atoms with Gasteiger partial charge in [0.2, 0.25) is 0 Å². The van der Waals surface area contributed by atoms with Crippen LogP contribution in [0.5, 0.6) is 0 Å². The van der Waals surface area contributed by atoms with Gasteiger partial charge in [-0.05, 0) is 0 Å². The van der Waals surface area contributed by atoms with E-state index in [2.05, 4.69) is 67.2 Å². The number of hydrogen-bond acceptors (Lipinski definition) is 3. The van der Waals surface area contributed by atoms with Crippen LogP contribution in [0.25, 0.3) is 0 Å². The first-order valence-electron chi connectivity index (χ1n) is 15.8. The van der Waals surface area contributed by atoms with E-state index in [1.54, 1.807) is 0 Å². The molecule has 0 aromatic heterocycles. The number of unbranched alkanes of at least 4 members (excludes halogenated alkanes) is 4. The van der Waals surface area contributed by atoms with Crippen LogP contribution in [0.4, 0.5) is 4.79 Å². The van der Waals surface area contributed by atoms with Crippen LogP contribution in [0.1, 0.15) is 134 Å². The van der Waals surface area contributed by atoms with Crippen molar-refractivity contribution in [1.29, 1.82) is 0 Å².